The lowest BCUT2D eigenvalue weighted by Gasteiger charge is -2.09. The molecule has 2 aromatic rings. The largest absolute Gasteiger partial charge is 0.352 e. The molecular formula is C18H19N3O2S2. The van der Waals surface area contributed by atoms with E-state index in [-0.39, 0.29) is 11.8 Å². The van der Waals surface area contributed by atoms with Gasteiger partial charge in [0.2, 0.25) is 5.91 Å². The van der Waals surface area contributed by atoms with E-state index in [1.165, 1.54) is 27.6 Å². The molecule has 0 saturated heterocycles. The van der Waals surface area contributed by atoms with Crippen molar-refractivity contribution < 1.29 is 9.59 Å². The number of carbonyl (C=O) groups excluding carboxylic acids is 2. The highest BCUT2D eigenvalue weighted by Gasteiger charge is 2.21. The van der Waals surface area contributed by atoms with Crippen molar-refractivity contribution in [3.63, 3.8) is 0 Å². The Hall–Kier alpha value is -2.17. The van der Waals surface area contributed by atoms with Gasteiger partial charge in [-0.1, -0.05) is 0 Å². The zero-order valence-electron chi connectivity index (χ0n) is 13.8. The Bertz CT molecular complexity index is 803. The number of thiophene rings is 2. The molecule has 0 aromatic carbocycles. The molecule has 7 heteroatoms. The van der Waals surface area contributed by atoms with Crippen LogP contribution in [-0.4, -0.2) is 18.4 Å². The molecule has 0 saturated carbocycles. The van der Waals surface area contributed by atoms with Crippen LogP contribution in [0.15, 0.2) is 16.8 Å². The van der Waals surface area contributed by atoms with Gasteiger partial charge >= 0.3 is 0 Å². The fourth-order valence-electron chi connectivity index (χ4n) is 2.91. The Morgan fingerprint density at radius 1 is 1.28 bits per heavy atom. The van der Waals surface area contributed by atoms with Crippen LogP contribution in [0, 0.1) is 11.3 Å². The second-order valence-electron chi connectivity index (χ2n) is 5.95. The molecule has 0 radical (unpaired) electrons. The molecule has 2 amide bonds. The van der Waals surface area contributed by atoms with Gasteiger partial charge in [-0.2, -0.15) is 16.6 Å². The van der Waals surface area contributed by atoms with Crippen LogP contribution in [0.4, 0.5) is 5.00 Å². The molecule has 2 N–H and O–H groups in total. The van der Waals surface area contributed by atoms with Crippen LogP contribution in [0.3, 0.4) is 0 Å². The summed E-state index contributed by atoms with van der Waals surface area (Å²) in [5.74, 6) is -0.223. The average molecular weight is 374 g/mol. The first-order chi connectivity index (χ1) is 12.2. The summed E-state index contributed by atoms with van der Waals surface area (Å²) in [6.07, 6.45) is 5.07. The molecule has 2 aromatic heterocycles. The van der Waals surface area contributed by atoms with Gasteiger partial charge < -0.3 is 10.6 Å². The first-order valence-corrected chi connectivity index (χ1v) is 10.1. The minimum atomic E-state index is -0.112. The Labute approximate surface area is 154 Å². The van der Waals surface area contributed by atoms with Gasteiger partial charge in [0.25, 0.3) is 5.91 Å². The maximum Gasteiger partial charge on any atom is 0.252 e. The second-order valence-corrected chi connectivity index (χ2v) is 7.83. The Morgan fingerprint density at radius 3 is 2.88 bits per heavy atom. The number of hydrogen-bond donors (Lipinski definition) is 2. The van der Waals surface area contributed by atoms with E-state index in [9.17, 15) is 14.9 Å². The molecule has 0 fully saturated rings. The van der Waals surface area contributed by atoms with Crippen molar-refractivity contribution in [3.8, 4) is 6.07 Å². The molecule has 25 heavy (non-hydrogen) atoms. The summed E-state index contributed by atoms with van der Waals surface area (Å²) in [6.45, 7) is 0.453. The average Bonchev–Trinajstić information content (AvgIpc) is 3.25. The molecule has 0 spiro atoms. The predicted molar refractivity (Wildman–Crippen MR) is 100 cm³/mol. The van der Waals surface area contributed by atoms with E-state index in [1.54, 1.807) is 11.4 Å². The molecular weight excluding hydrogens is 354 g/mol. The molecule has 5 nitrogen and oxygen atoms in total. The van der Waals surface area contributed by atoms with Gasteiger partial charge in [0.05, 0.1) is 5.56 Å². The van der Waals surface area contributed by atoms with E-state index in [0.717, 1.165) is 31.2 Å². The van der Waals surface area contributed by atoms with Gasteiger partial charge in [-0.05, 0) is 49.1 Å². The topological polar surface area (TPSA) is 82.0 Å². The highest BCUT2D eigenvalue weighted by molar-refractivity contribution is 7.16. The van der Waals surface area contributed by atoms with Crippen LogP contribution in [0.2, 0.25) is 0 Å². The first kappa shape index (κ1) is 17.6. The van der Waals surface area contributed by atoms with E-state index in [2.05, 4.69) is 16.7 Å². The number of amides is 2. The number of nitriles is 1. The number of aryl methyl sites for hydroxylation is 1. The number of carbonyl (C=O) groups is 2. The third-order valence-electron chi connectivity index (χ3n) is 4.19. The monoisotopic (exact) mass is 373 g/mol. The molecule has 130 valence electrons. The highest BCUT2D eigenvalue weighted by Crippen LogP contribution is 2.37. The molecule has 0 unspecified atom stereocenters. The van der Waals surface area contributed by atoms with Crippen molar-refractivity contribution in [2.24, 2.45) is 0 Å². The zero-order valence-corrected chi connectivity index (χ0v) is 15.4. The highest BCUT2D eigenvalue weighted by atomic mass is 32.1. The fourth-order valence-corrected chi connectivity index (χ4v) is 4.80. The van der Waals surface area contributed by atoms with E-state index in [1.807, 2.05) is 5.38 Å². The van der Waals surface area contributed by atoms with Gasteiger partial charge in [0.15, 0.2) is 0 Å². The quantitative estimate of drug-likeness (QED) is 0.757. The molecule has 1 aliphatic carbocycles. The predicted octanol–water partition coefficient (Wildman–Crippen LogP) is 3.71. The van der Waals surface area contributed by atoms with Gasteiger partial charge in [-0.15, -0.1) is 11.3 Å². The molecule has 3 rings (SSSR count). The summed E-state index contributed by atoms with van der Waals surface area (Å²) >= 11 is 3.01. The second kappa shape index (κ2) is 8.28. The van der Waals surface area contributed by atoms with Crippen molar-refractivity contribution in [3.05, 3.63) is 38.4 Å². The van der Waals surface area contributed by atoms with Gasteiger partial charge in [-0.3, -0.25) is 9.59 Å². The number of anilines is 1. The normalized spacial score (nSPS) is 12.9. The zero-order chi connectivity index (χ0) is 17.6. The summed E-state index contributed by atoms with van der Waals surface area (Å²) in [5, 5.41) is 19.4. The summed E-state index contributed by atoms with van der Waals surface area (Å²) in [6, 6.07) is 4.02. The molecule has 1 aliphatic rings. The van der Waals surface area contributed by atoms with Crippen LogP contribution in [-0.2, 0) is 17.6 Å². The van der Waals surface area contributed by atoms with E-state index in [4.69, 9.17) is 0 Å². The lowest BCUT2D eigenvalue weighted by molar-refractivity contribution is -0.116. The summed E-state index contributed by atoms with van der Waals surface area (Å²) < 4.78 is 0. The van der Waals surface area contributed by atoms with Crippen LogP contribution in [0.1, 0.15) is 52.0 Å². The fraction of sp³-hybridized carbons (Fsp3) is 0.389. The lowest BCUT2D eigenvalue weighted by atomic mass is 9.96. The van der Waals surface area contributed by atoms with Crippen LogP contribution in [0.25, 0.3) is 0 Å². The number of fused-ring (bicyclic) bond motifs is 1. The smallest absolute Gasteiger partial charge is 0.252 e. The Balaban J connectivity index is 1.48. The van der Waals surface area contributed by atoms with Crippen molar-refractivity contribution in [1.82, 2.24) is 5.32 Å². The Kier molecular flexibility index (Phi) is 5.84. The van der Waals surface area contributed by atoms with Gasteiger partial charge in [0.1, 0.15) is 11.1 Å². The van der Waals surface area contributed by atoms with E-state index >= 15 is 0 Å². The van der Waals surface area contributed by atoms with Gasteiger partial charge in [0, 0.05) is 28.8 Å². The van der Waals surface area contributed by atoms with E-state index < -0.39 is 0 Å². The first-order valence-electron chi connectivity index (χ1n) is 8.34. The number of rotatable bonds is 6. The third kappa shape index (κ3) is 4.27. The van der Waals surface area contributed by atoms with Crippen molar-refractivity contribution >= 4 is 39.5 Å². The number of nitrogens with one attached hydrogen (secondary N) is 2. The molecule has 0 aliphatic heterocycles. The minimum Gasteiger partial charge on any atom is -0.352 e. The number of hydrogen-bond acceptors (Lipinski definition) is 5. The Morgan fingerprint density at radius 2 is 2.12 bits per heavy atom. The standard InChI is InChI=1S/C18H19N3O2S2/c19-10-14-13-4-1-2-5-15(13)25-18(14)21-16(22)6-3-8-20-17(23)12-7-9-24-11-12/h7,9,11H,1-6,8H2,(H,20,23)(H,21,22). The summed E-state index contributed by atoms with van der Waals surface area (Å²) in [7, 11) is 0. The van der Waals surface area contributed by atoms with E-state index in [0.29, 0.717) is 35.5 Å². The maximum absolute atomic E-state index is 12.1. The number of nitrogens with zero attached hydrogens (tertiary/aromatic N) is 1. The third-order valence-corrected chi connectivity index (χ3v) is 6.08. The molecule has 0 atom stereocenters. The molecule has 0 bridgehead atoms. The summed E-state index contributed by atoms with van der Waals surface area (Å²) in [5.41, 5.74) is 2.41. The van der Waals surface area contributed by atoms with Crippen molar-refractivity contribution in [2.45, 2.75) is 38.5 Å². The maximum atomic E-state index is 12.1. The van der Waals surface area contributed by atoms with Crippen LogP contribution in [0.5, 0.6) is 0 Å². The summed E-state index contributed by atoms with van der Waals surface area (Å²) in [4.78, 5) is 25.2. The van der Waals surface area contributed by atoms with Crippen molar-refractivity contribution in [2.75, 3.05) is 11.9 Å². The van der Waals surface area contributed by atoms with Crippen molar-refractivity contribution in [1.29, 1.82) is 5.26 Å². The lowest BCUT2D eigenvalue weighted by Crippen LogP contribution is -2.25. The van der Waals surface area contributed by atoms with Crippen LogP contribution < -0.4 is 10.6 Å². The van der Waals surface area contributed by atoms with Gasteiger partial charge in [-0.25, -0.2) is 0 Å². The minimum absolute atomic E-state index is 0.111. The molecule has 2 heterocycles. The SMILES string of the molecule is N#Cc1c(NC(=O)CCCNC(=O)c2ccsc2)sc2c1CCCC2. The van der Waals surface area contributed by atoms with Crippen LogP contribution >= 0.6 is 22.7 Å².